The predicted octanol–water partition coefficient (Wildman–Crippen LogP) is 3.19. The predicted molar refractivity (Wildman–Crippen MR) is 103 cm³/mol. The Morgan fingerprint density at radius 1 is 1.19 bits per heavy atom. The number of benzene rings is 2. The first kappa shape index (κ1) is 18.9. The van der Waals surface area contributed by atoms with Crippen LogP contribution in [-0.4, -0.2) is 30.4 Å². The first-order valence-electron chi connectivity index (χ1n) is 8.55. The topological polar surface area (TPSA) is 75.7 Å². The molecule has 0 fully saturated rings. The van der Waals surface area contributed by atoms with Crippen LogP contribution in [0.4, 0.5) is 11.4 Å². The molecule has 1 heterocycles. The maximum atomic E-state index is 12.7. The van der Waals surface area contributed by atoms with Crippen LogP contribution in [0.15, 0.2) is 48.5 Å². The molecule has 0 radical (unpaired) electrons. The van der Waals surface area contributed by atoms with Crippen LogP contribution in [0.25, 0.3) is 0 Å². The van der Waals surface area contributed by atoms with Crippen molar-refractivity contribution in [2.75, 3.05) is 16.8 Å². The van der Waals surface area contributed by atoms with E-state index in [0.717, 1.165) is 5.56 Å². The molecule has 2 amide bonds. The third-order valence-electron chi connectivity index (χ3n) is 4.25. The molecule has 1 aliphatic heterocycles. The second-order valence-electron chi connectivity index (χ2n) is 6.35. The molecule has 0 aliphatic carbocycles. The van der Waals surface area contributed by atoms with Crippen molar-refractivity contribution < 1.29 is 19.1 Å². The summed E-state index contributed by atoms with van der Waals surface area (Å²) >= 11 is 5.82. The van der Waals surface area contributed by atoms with E-state index in [4.69, 9.17) is 16.3 Å². The SMILES string of the molecule is C[C@H]1CC(=O)Nc2ccccc2N1C(=O)COC(=O)Cc1ccc(Cl)cc1. The van der Waals surface area contributed by atoms with Crippen LogP contribution in [0.3, 0.4) is 0 Å². The van der Waals surface area contributed by atoms with E-state index in [2.05, 4.69) is 5.32 Å². The number of hydrogen-bond donors (Lipinski definition) is 1. The molecule has 1 atom stereocenters. The number of carbonyl (C=O) groups is 3. The Kier molecular flexibility index (Phi) is 5.76. The van der Waals surface area contributed by atoms with E-state index in [1.807, 2.05) is 0 Å². The summed E-state index contributed by atoms with van der Waals surface area (Å²) in [6.45, 7) is 1.40. The molecule has 0 saturated heterocycles. The van der Waals surface area contributed by atoms with Gasteiger partial charge in [0, 0.05) is 17.5 Å². The Labute approximate surface area is 162 Å². The van der Waals surface area contributed by atoms with Gasteiger partial charge in [0.2, 0.25) is 5.91 Å². The van der Waals surface area contributed by atoms with E-state index in [9.17, 15) is 14.4 Å². The summed E-state index contributed by atoms with van der Waals surface area (Å²) in [5, 5.41) is 3.37. The number of para-hydroxylation sites is 2. The van der Waals surface area contributed by atoms with Crippen LogP contribution in [0.1, 0.15) is 18.9 Å². The number of fused-ring (bicyclic) bond motifs is 1. The molecule has 2 aromatic carbocycles. The fraction of sp³-hybridized carbons (Fsp3) is 0.250. The Morgan fingerprint density at radius 3 is 2.63 bits per heavy atom. The van der Waals surface area contributed by atoms with Crippen molar-refractivity contribution in [2.45, 2.75) is 25.8 Å². The van der Waals surface area contributed by atoms with E-state index in [0.29, 0.717) is 16.4 Å². The van der Waals surface area contributed by atoms with Gasteiger partial charge in [-0.3, -0.25) is 14.4 Å². The average Bonchev–Trinajstić information content (AvgIpc) is 2.76. The molecular formula is C20H19ClN2O4. The quantitative estimate of drug-likeness (QED) is 0.819. The molecule has 3 rings (SSSR count). The highest BCUT2D eigenvalue weighted by Crippen LogP contribution is 2.31. The molecule has 2 aromatic rings. The Balaban J connectivity index is 1.67. The van der Waals surface area contributed by atoms with Crippen molar-refractivity contribution in [2.24, 2.45) is 0 Å². The van der Waals surface area contributed by atoms with E-state index in [-0.39, 0.29) is 37.3 Å². The van der Waals surface area contributed by atoms with Gasteiger partial charge in [0.1, 0.15) is 0 Å². The molecule has 6 nitrogen and oxygen atoms in total. The van der Waals surface area contributed by atoms with E-state index in [1.54, 1.807) is 55.5 Å². The molecule has 0 unspecified atom stereocenters. The molecule has 0 saturated carbocycles. The Morgan fingerprint density at radius 2 is 1.89 bits per heavy atom. The van der Waals surface area contributed by atoms with Crippen molar-refractivity contribution in [1.82, 2.24) is 0 Å². The first-order chi connectivity index (χ1) is 12.9. The highest BCUT2D eigenvalue weighted by Gasteiger charge is 2.30. The minimum Gasteiger partial charge on any atom is -0.455 e. The summed E-state index contributed by atoms with van der Waals surface area (Å²) < 4.78 is 5.15. The van der Waals surface area contributed by atoms with Crippen LogP contribution in [0, 0.1) is 0 Å². The number of carbonyl (C=O) groups excluding carboxylic acids is 3. The number of halogens is 1. The fourth-order valence-corrected chi connectivity index (χ4v) is 3.13. The van der Waals surface area contributed by atoms with Crippen molar-refractivity contribution in [3.63, 3.8) is 0 Å². The van der Waals surface area contributed by atoms with Crippen molar-refractivity contribution in [3.05, 3.63) is 59.1 Å². The van der Waals surface area contributed by atoms with Crippen LogP contribution >= 0.6 is 11.6 Å². The lowest BCUT2D eigenvalue weighted by Gasteiger charge is -2.27. The van der Waals surface area contributed by atoms with Gasteiger partial charge in [0.15, 0.2) is 6.61 Å². The zero-order valence-electron chi connectivity index (χ0n) is 14.8. The smallest absolute Gasteiger partial charge is 0.310 e. The summed E-state index contributed by atoms with van der Waals surface area (Å²) in [6.07, 6.45) is 0.218. The van der Waals surface area contributed by atoms with Gasteiger partial charge in [-0.05, 0) is 36.8 Å². The molecule has 0 bridgehead atoms. The molecule has 1 aliphatic rings. The van der Waals surface area contributed by atoms with Crippen LogP contribution in [0.2, 0.25) is 5.02 Å². The van der Waals surface area contributed by atoms with Crippen molar-refractivity contribution >= 4 is 40.8 Å². The van der Waals surface area contributed by atoms with Gasteiger partial charge in [-0.25, -0.2) is 0 Å². The lowest BCUT2D eigenvalue weighted by molar-refractivity contribution is -0.147. The van der Waals surface area contributed by atoms with E-state index >= 15 is 0 Å². The van der Waals surface area contributed by atoms with Gasteiger partial charge in [-0.15, -0.1) is 0 Å². The lowest BCUT2D eigenvalue weighted by Crippen LogP contribution is -2.41. The van der Waals surface area contributed by atoms with E-state index in [1.165, 1.54) is 4.90 Å². The Hall–Kier alpha value is -2.86. The largest absolute Gasteiger partial charge is 0.455 e. The highest BCUT2D eigenvalue weighted by molar-refractivity contribution is 6.30. The number of nitrogens with zero attached hydrogens (tertiary/aromatic N) is 1. The fourth-order valence-electron chi connectivity index (χ4n) is 3.00. The van der Waals surface area contributed by atoms with Gasteiger partial charge in [-0.2, -0.15) is 0 Å². The number of amides is 2. The third kappa shape index (κ3) is 4.65. The number of nitrogens with one attached hydrogen (secondary N) is 1. The zero-order chi connectivity index (χ0) is 19.4. The number of ether oxygens (including phenoxy) is 1. The normalized spacial score (nSPS) is 16.1. The molecule has 140 valence electrons. The third-order valence-corrected chi connectivity index (χ3v) is 4.50. The van der Waals surface area contributed by atoms with Crippen molar-refractivity contribution in [1.29, 1.82) is 0 Å². The molecule has 1 N–H and O–H groups in total. The summed E-state index contributed by atoms with van der Waals surface area (Å²) in [7, 11) is 0. The molecule has 7 heteroatoms. The van der Waals surface area contributed by atoms with Crippen molar-refractivity contribution in [3.8, 4) is 0 Å². The zero-order valence-corrected chi connectivity index (χ0v) is 15.5. The second kappa shape index (κ2) is 8.22. The monoisotopic (exact) mass is 386 g/mol. The summed E-state index contributed by atoms with van der Waals surface area (Å²) in [5.41, 5.74) is 1.91. The average molecular weight is 387 g/mol. The lowest BCUT2D eigenvalue weighted by atomic mass is 10.1. The minimum atomic E-state index is -0.504. The molecule has 27 heavy (non-hydrogen) atoms. The number of anilines is 2. The summed E-state index contributed by atoms with van der Waals surface area (Å²) in [4.78, 5) is 38.2. The Bertz CT molecular complexity index is 867. The van der Waals surface area contributed by atoms with Gasteiger partial charge in [0.25, 0.3) is 5.91 Å². The van der Waals surface area contributed by atoms with Gasteiger partial charge < -0.3 is 15.0 Å². The minimum absolute atomic E-state index is 0.0522. The first-order valence-corrected chi connectivity index (χ1v) is 8.93. The standard InChI is InChI=1S/C20H19ClN2O4/c1-13-10-18(24)22-16-4-2-3-5-17(16)23(13)19(25)12-27-20(26)11-14-6-8-15(21)9-7-14/h2-9,13H,10-12H2,1H3,(H,22,24)/t13-/m0/s1. The molecule has 0 aromatic heterocycles. The van der Waals surface area contributed by atoms with Gasteiger partial charge in [-0.1, -0.05) is 35.9 Å². The number of rotatable bonds is 4. The number of esters is 1. The van der Waals surface area contributed by atoms with Gasteiger partial charge >= 0.3 is 5.97 Å². The van der Waals surface area contributed by atoms with Crippen LogP contribution < -0.4 is 10.2 Å². The number of hydrogen-bond acceptors (Lipinski definition) is 4. The summed E-state index contributed by atoms with van der Waals surface area (Å²) in [6, 6.07) is 13.6. The maximum absolute atomic E-state index is 12.7. The summed E-state index contributed by atoms with van der Waals surface area (Å²) in [5.74, 6) is -1.04. The maximum Gasteiger partial charge on any atom is 0.310 e. The molecular weight excluding hydrogens is 368 g/mol. The molecule has 0 spiro atoms. The highest BCUT2D eigenvalue weighted by atomic mass is 35.5. The van der Waals surface area contributed by atoms with Gasteiger partial charge in [0.05, 0.1) is 17.8 Å². The van der Waals surface area contributed by atoms with Crippen LogP contribution in [-0.2, 0) is 25.5 Å². The van der Waals surface area contributed by atoms with Crippen LogP contribution in [0.5, 0.6) is 0 Å². The van der Waals surface area contributed by atoms with E-state index < -0.39 is 5.97 Å². The second-order valence-corrected chi connectivity index (χ2v) is 6.78.